The second kappa shape index (κ2) is 7.31. The normalized spacial score (nSPS) is 13.8. The Bertz CT molecular complexity index is 1190. The topological polar surface area (TPSA) is 72.2 Å². The molecule has 29 heavy (non-hydrogen) atoms. The van der Waals surface area contributed by atoms with E-state index < -0.39 is 0 Å². The van der Waals surface area contributed by atoms with Crippen LogP contribution in [0, 0.1) is 5.92 Å². The van der Waals surface area contributed by atoms with Gasteiger partial charge in [-0.2, -0.15) is 4.98 Å². The Kier molecular flexibility index (Phi) is 4.37. The van der Waals surface area contributed by atoms with Crippen LogP contribution >= 0.6 is 0 Å². The van der Waals surface area contributed by atoms with Gasteiger partial charge in [-0.15, -0.1) is 5.10 Å². The molecule has 3 aromatic heterocycles. The van der Waals surface area contributed by atoms with E-state index in [1.165, 1.54) is 0 Å². The molecule has 1 fully saturated rings. The van der Waals surface area contributed by atoms with Gasteiger partial charge in [0.25, 0.3) is 0 Å². The standard InChI is InChI=1S/C23H19N5O/c29-22(18-12-13-18)26-23-25-21-6-3-5-20(28(21)27-23)17-10-7-16(8-11-17)9-14-19-4-1-2-15-24-19/h1-11,14-15,18H,12-13H2,(H,26,27,29)/b14-9+. The van der Waals surface area contributed by atoms with Crippen molar-refractivity contribution in [2.75, 3.05) is 5.32 Å². The molecule has 6 nitrogen and oxygen atoms in total. The first kappa shape index (κ1) is 17.3. The molecule has 4 aromatic rings. The molecule has 0 atom stereocenters. The molecule has 0 unspecified atom stereocenters. The number of benzene rings is 1. The molecule has 0 bridgehead atoms. The highest BCUT2D eigenvalue weighted by Gasteiger charge is 2.30. The predicted molar refractivity (Wildman–Crippen MR) is 113 cm³/mol. The average molecular weight is 381 g/mol. The zero-order valence-electron chi connectivity index (χ0n) is 15.7. The molecule has 0 radical (unpaired) electrons. The molecule has 142 valence electrons. The maximum Gasteiger partial charge on any atom is 0.249 e. The van der Waals surface area contributed by atoms with Crippen LogP contribution in [0.5, 0.6) is 0 Å². The lowest BCUT2D eigenvalue weighted by molar-refractivity contribution is -0.117. The number of carbonyl (C=O) groups excluding carboxylic acids is 1. The number of nitrogens with zero attached hydrogens (tertiary/aromatic N) is 4. The highest BCUT2D eigenvalue weighted by atomic mass is 16.2. The number of amides is 1. The van der Waals surface area contributed by atoms with Crippen molar-refractivity contribution in [1.29, 1.82) is 0 Å². The van der Waals surface area contributed by atoms with Gasteiger partial charge in [-0.25, -0.2) is 4.52 Å². The van der Waals surface area contributed by atoms with Gasteiger partial charge in [0.05, 0.1) is 11.4 Å². The fraction of sp³-hybridized carbons (Fsp3) is 0.130. The van der Waals surface area contributed by atoms with Gasteiger partial charge < -0.3 is 0 Å². The van der Waals surface area contributed by atoms with Crippen LogP contribution in [0.1, 0.15) is 24.1 Å². The lowest BCUT2D eigenvalue weighted by atomic mass is 10.1. The largest absolute Gasteiger partial charge is 0.293 e. The van der Waals surface area contributed by atoms with Crippen molar-refractivity contribution in [3.05, 3.63) is 78.1 Å². The summed E-state index contributed by atoms with van der Waals surface area (Å²) in [6.45, 7) is 0. The summed E-state index contributed by atoms with van der Waals surface area (Å²) >= 11 is 0. The number of rotatable bonds is 5. The minimum absolute atomic E-state index is 0.00602. The van der Waals surface area contributed by atoms with Crippen LogP contribution in [0.3, 0.4) is 0 Å². The highest BCUT2D eigenvalue weighted by molar-refractivity contribution is 5.92. The summed E-state index contributed by atoms with van der Waals surface area (Å²) < 4.78 is 1.77. The van der Waals surface area contributed by atoms with Crippen LogP contribution in [-0.2, 0) is 4.79 Å². The molecule has 1 aromatic carbocycles. The summed E-state index contributed by atoms with van der Waals surface area (Å²) in [6.07, 6.45) is 7.70. The molecular weight excluding hydrogens is 362 g/mol. The van der Waals surface area contributed by atoms with Gasteiger partial charge in [-0.3, -0.25) is 15.1 Å². The van der Waals surface area contributed by atoms with E-state index in [1.807, 2.05) is 48.6 Å². The number of hydrogen-bond acceptors (Lipinski definition) is 4. The molecule has 1 N–H and O–H groups in total. The number of aromatic nitrogens is 4. The number of fused-ring (bicyclic) bond motifs is 1. The average Bonchev–Trinajstić information content (AvgIpc) is 3.53. The Morgan fingerprint density at radius 2 is 1.86 bits per heavy atom. The fourth-order valence-corrected chi connectivity index (χ4v) is 3.16. The van der Waals surface area contributed by atoms with E-state index in [0.717, 1.165) is 35.4 Å². The van der Waals surface area contributed by atoms with E-state index in [9.17, 15) is 4.79 Å². The summed E-state index contributed by atoms with van der Waals surface area (Å²) in [7, 11) is 0. The Morgan fingerprint density at radius 3 is 2.62 bits per heavy atom. The van der Waals surface area contributed by atoms with Gasteiger partial charge in [0, 0.05) is 17.7 Å². The van der Waals surface area contributed by atoms with E-state index in [0.29, 0.717) is 11.6 Å². The molecule has 1 saturated carbocycles. The summed E-state index contributed by atoms with van der Waals surface area (Å²) in [6, 6.07) is 19.9. The van der Waals surface area contributed by atoms with E-state index in [-0.39, 0.29) is 11.8 Å². The first-order chi connectivity index (χ1) is 14.3. The maximum atomic E-state index is 12.0. The van der Waals surface area contributed by atoms with Crippen LogP contribution in [0.15, 0.2) is 66.9 Å². The SMILES string of the molecule is O=C(Nc1nc2cccc(-c3ccc(/C=C/c4ccccn4)cc3)n2n1)C1CC1. The van der Waals surface area contributed by atoms with Crippen molar-refractivity contribution in [2.45, 2.75) is 12.8 Å². The molecule has 0 saturated heterocycles. The summed E-state index contributed by atoms with van der Waals surface area (Å²) in [5.74, 6) is 0.475. The van der Waals surface area contributed by atoms with Crippen molar-refractivity contribution in [1.82, 2.24) is 19.6 Å². The van der Waals surface area contributed by atoms with Crippen molar-refractivity contribution in [3.8, 4) is 11.3 Å². The van der Waals surface area contributed by atoms with Crippen molar-refractivity contribution in [3.63, 3.8) is 0 Å². The number of carbonyl (C=O) groups is 1. The van der Waals surface area contributed by atoms with E-state index in [4.69, 9.17) is 0 Å². The predicted octanol–water partition coefficient (Wildman–Crippen LogP) is 4.31. The Balaban J connectivity index is 1.40. The van der Waals surface area contributed by atoms with Crippen LogP contribution in [0.25, 0.3) is 29.1 Å². The molecule has 0 aliphatic heterocycles. The van der Waals surface area contributed by atoms with Gasteiger partial charge in [0.1, 0.15) is 0 Å². The molecule has 5 rings (SSSR count). The van der Waals surface area contributed by atoms with Gasteiger partial charge in [-0.05, 0) is 48.7 Å². The van der Waals surface area contributed by atoms with Crippen LogP contribution < -0.4 is 5.32 Å². The Labute approximate surface area is 167 Å². The first-order valence-corrected chi connectivity index (χ1v) is 9.62. The second-order valence-electron chi connectivity index (χ2n) is 7.09. The Morgan fingerprint density at radius 1 is 1.00 bits per heavy atom. The third-order valence-corrected chi connectivity index (χ3v) is 4.88. The lowest BCUT2D eigenvalue weighted by Crippen LogP contribution is -2.14. The van der Waals surface area contributed by atoms with Crippen molar-refractivity contribution < 1.29 is 4.79 Å². The summed E-state index contributed by atoms with van der Waals surface area (Å²) in [5, 5.41) is 7.31. The van der Waals surface area contributed by atoms with Crippen LogP contribution in [0.4, 0.5) is 5.95 Å². The van der Waals surface area contributed by atoms with Gasteiger partial charge in [0.15, 0.2) is 5.65 Å². The van der Waals surface area contributed by atoms with Gasteiger partial charge in [-0.1, -0.05) is 42.5 Å². The minimum atomic E-state index is 0.00602. The van der Waals surface area contributed by atoms with Gasteiger partial charge in [0.2, 0.25) is 11.9 Å². The quantitative estimate of drug-likeness (QED) is 0.559. The third kappa shape index (κ3) is 3.78. The lowest BCUT2D eigenvalue weighted by Gasteiger charge is -2.04. The molecule has 1 amide bonds. The highest BCUT2D eigenvalue weighted by Crippen LogP contribution is 2.30. The number of anilines is 1. The molecular formula is C23H19N5O. The maximum absolute atomic E-state index is 12.0. The monoisotopic (exact) mass is 381 g/mol. The molecule has 1 aliphatic carbocycles. The second-order valence-corrected chi connectivity index (χ2v) is 7.09. The summed E-state index contributed by atoms with van der Waals surface area (Å²) in [5.41, 5.74) is 4.65. The van der Waals surface area contributed by atoms with E-state index in [1.54, 1.807) is 10.7 Å². The van der Waals surface area contributed by atoms with Gasteiger partial charge >= 0.3 is 0 Å². The molecule has 3 heterocycles. The number of nitrogens with one attached hydrogen (secondary N) is 1. The first-order valence-electron chi connectivity index (χ1n) is 9.62. The van der Waals surface area contributed by atoms with Crippen molar-refractivity contribution >= 4 is 29.7 Å². The molecule has 1 aliphatic rings. The number of hydrogen-bond donors (Lipinski definition) is 1. The van der Waals surface area contributed by atoms with E-state index >= 15 is 0 Å². The zero-order chi connectivity index (χ0) is 19.6. The van der Waals surface area contributed by atoms with Crippen LogP contribution in [-0.4, -0.2) is 25.5 Å². The fourth-order valence-electron chi connectivity index (χ4n) is 3.16. The molecule has 0 spiro atoms. The Hall–Kier alpha value is -3.80. The number of pyridine rings is 2. The van der Waals surface area contributed by atoms with Crippen molar-refractivity contribution in [2.24, 2.45) is 5.92 Å². The third-order valence-electron chi connectivity index (χ3n) is 4.88. The molecule has 6 heteroatoms. The van der Waals surface area contributed by atoms with E-state index in [2.05, 4.69) is 44.6 Å². The zero-order valence-corrected chi connectivity index (χ0v) is 15.7. The summed E-state index contributed by atoms with van der Waals surface area (Å²) in [4.78, 5) is 20.7. The van der Waals surface area contributed by atoms with Crippen LogP contribution in [0.2, 0.25) is 0 Å². The smallest absolute Gasteiger partial charge is 0.249 e. The minimum Gasteiger partial charge on any atom is -0.293 e.